The van der Waals surface area contributed by atoms with Crippen molar-refractivity contribution in [2.24, 2.45) is 5.73 Å². The first kappa shape index (κ1) is 22.8. The summed E-state index contributed by atoms with van der Waals surface area (Å²) in [6.45, 7) is 2.62. The summed E-state index contributed by atoms with van der Waals surface area (Å²) in [6.07, 6.45) is 8.74. The van der Waals surface area contributed by atoms with Gasteiger partial charge in [-0.2, -0.15) is 0 Å². The quantitative estimate of drug-likeness (QED) is 0.326. The molecular weight excluding hydrogens is 312 g/mol. The number of carbonyl (C=O) groups excluding carboxylic acids is 1. The number of nitrogens with one attached hydrogen (secondary N) is 1. The van der Waals surface area contributed by atoms with Gasteiger partial charge in [0.1, 0.15) is 6.61 Å². The molecular formula is C17H34N2O5. The minimum absolute atomic E-state index is 0.0718. The normalized spacial score (nSPS) is 10.7. The fraction of sp³-hybridized carbons (Fsp3) is 0.882. The first-order valence-corrected chi connectivity index (χ1v) is 9.01. The Kier molecular flexibility index (Phi) is 17.3. The Morgan fingerprint density at radius 1 is 0.833 bits per heavy atom. The zero-order chi connectivity index (χ0) is 17.9. The average Bonchev–Trinajstić information content (AvgIpc) is 2.55. The van der Waals surface area contributed by atoms with E-state index in [9.17, 15) is 9.59 Å². The molecule has 0 bridgehead atoms. The van der Waals surface area contributed by atoms with Gasteiger partial charge in [-0.3, -0.25) is 9.59 Å². The lowest BCUT2D eigenvalue weighted by Crippen LogP contribution is -2.29. The van der Waals surface area contributed by atoms with Crippen LogP contribution in [-0.4, -0.2) is 56.5 Å². The summed E-state index contributed by atoms with van der Waals surface area (Å²) in [7, 11) is 0. The molecule has 0 saturated carbocycles. The molecule has 7 heteroatoms. The summed E-state index contributed by atoms with van der Waals surface area (Å²) in [5.41, 5.74) is 5.28. The maximum Gasteiger partial charge on any atom is 0.303 e. The van der Waals surface area contributed by atoms with Crippen LogP contribution in [0.1, 0.15) is 57.8 Å². The predicted molar refractivity (Wildman–Crippen MR) is 92.9 cm³/mol. The zero-order valence-electron chi connectivity index (χ0n) is 14.8. The van der Waals surface area contributed by atoms with Crippen LogP contribution < -0.4 is 11.1 Å². The molecule has 142 valence electrons. The third-order valence-corrected chi connectivity index (χ3v) is 3.51. The molecule has 0 atom stereocenters. The Labute approximate surface area is 145 Å². The molecule has 0 spiro atoms. The second-order valence-corrected chi connectivity index (χ2v) is 5.78. The standard InChI is InChI=1S/C17H34N2O5/c18-10-12-23-13-14-24-15-16(20)19-11-8-6-4-2-1-3-5-7-9-17(21)22/h1-15,18H2,(H,19,20)(H,21,22). The van der Waals surface area contributed by atoms with Gasteiger partial charge in [0.05, 0.1) is 19.8 Å². The summed E-state index contributed by atoms with van der Waals surface area (Å²) in [5, 5.41) is 11.4. The van der Waals surface area contributed by atoms with Crippen LogP contribution in [0.2, 0.25) is 0 Å². The van der Waals surface area contributed by atoms with Gasteiger partial charge < -0.3 is 25.6 Å². The summed E-state index contributed by atoms with van der Waals surface area (Å²) >= 11 is 0. The van der Waals surface area contributed by atoms with E-state index in [4.69, 9.17) is 20.3 Å². The van der Waals surface area contributed by atoms with Gasteiger partial charge >= 0.3 is 5.97 Å². The Balaban J connectivity index is 3.15. The molecule has 0 aliphatic heterocycles. The summed E-state index contributed by atoms with van der Waals surface area (Å²) in [5.74, 6) is -0.797. The Morgan fingerprint density at radius 3 is 2.04 bits per heavy atom. The van der Waals surface area contributed by atoms with Crippen molar-refractivity contribution in [2.45, 2.75) is 57.8 Å². The lowest BCUT2D eigenvalue weighted by atomic mass is 10.1. The van der Waals surface area contributed by atoms with Crippen LogP contribution in [0.25, 0.3) is 0 Å². The first-order chi connectivity index (χ1) is 11.7. The van der Waals surface area contributed by atoms with Gasteiger partial charge in [-0.05, 0) is 12.8 Å². The minimum Gasteiger partial charge on any atom is -0.481 e. The van der Waals surface area contributed by atoms with Crippen LogP contribution >= 0.6 is 0 Å². The fourth-order valence-electron chi connectivity index (χ4n) is 2.21. The van der Waals surface area contributed by atoms with Crippen molar-refractivity contribution in [2.75, 3.05) is 39.5 Å². The largest absolute Gasteiger partial charge is 0.481 e. The monoisotopic (exact) mass is 346 g/mol. The van der Waals surface area contributed by atoms with Crippen molar-refractivity contribution in [3.8, 4) is 0 Å². The van der Waals surface area contributed by atoms with Crippen LogP contribution in [0.15, 0.2) is 0 Å². The van der Waals surface area contributed by atoms with Gasteiger partial charge in [0.25, 0.3) is 0 Å². The van der Waals surface area contributed by atoms with Gasteiger partial charge in [0, 0.05) is 19.5 Å². The lowest BCUT2D eigenvalue weighted by molar-refractivity contribution is -0.137. The molecule has 0 aromatic carbocycles. The molecule has 0 aromatic heterocycles. The van der Waals surface area contributed by atoms with E-state index < -0.39 is 5.97 Å². The Hall–Kier alpha value is -1.18. The number of hydrogen-bond acceptors (Lipinski definition) is 5. The molecule has 0 radical (unpaired) electrons. The minimum atomic E-state index is -0.706. The van der Waals surface area contributed by atoms with Gasteiger partial charge in [-0.15, -0.1) is 0 Å². The van der Waals surface area contributed by atoms with Gasteiger partial charge in [0.2, 0.25) is 5.91 Å². The molecule has 24 heavy (non-hydrogen) atoms. The third kappa shape index (κ3) is 18.9. The molecule has 0 rings (SSSR count). The van der Waals surface area contributed by atoms with E-state index in [2.05, 4.69) is 5.32 Å². The molecule has 0 aliphatic carbocycles. The topological polar surface area (TPSA) is 111 Å². The molecule has 0 aromatic rings. The maximum atomic E-state index is 11.5. The van der Waals surface area contributed by atoms with Crippen molar-refractivity contribution < 1.29 is 24.2 Å². The highest BCUT2D eigenvalue weighted by Crippen LogP contribution is 2.09. The smallest absolute Gasteiger partial charge is 0.303 e. The van der Waals surface area contributed by atoms with Crippen molar-refractivity contribution in [3.05, 3.63) is 0 Å². The lowest BCUT2D eigenvalue weighted by Gasteiger charge is -2.07. The van der Waals surface area contributed by atoms with Crippen molar-refractivity contribution in [1.82, 2.24) is 5.32 Å². The van der Waals surface area contributed by atoms with Gasteiger partial charge in [-0.1, -0.05) is 38.5 Å². The van der Waals surface area contributed by atoms with E-state index in [0.29, 0.717) is 32.9 Å². The Bertz CT molecular complexity index is 313. The number of carbonyl (C=O) groups is 2. The summed E-state index contributed by atoms with van der Waals surface area (Å²) in [4.78, 5) is 21.8. The summed E-state index contributed by atoms with van der Waals surface area (Å²) in [6, 6.07) is 0. The second-order valence-electron chi connectivity index (χ2n) is 5.78. The SMILES string of the molecule is NCCOCCOCC(=O)NCCCCCCCCCCC(=O)O. The summed E-state index contributed by atoms with van der Waals surface area (Å²) < 4.78 is 10.3. The van der Waals surface area contributed by atoms with Crippen molar-refractivity contribution in [3.63, 3.8) is 0 Å². The number of amides is 1. The maximum absolute atomic E-state index is 11.5. The number of aliphatic carboxylic acids is 1. The molecule has 1 amide bonds. The van der Waals surface area contributed by atoms with Crippen molar-refractivity contribution in [1.29, 1.82) is 0 Å². The highest BCUT2D eigenvalue weighted by Gasteiger charge is 2.00. The highest BCUT2D eigenvalue weighted by molar-refractivity contribution is 5.77. The second kappa shape index (κ2) is 18.2. The van der Waals surface area contributed by atoms with Gasteiger partial charge in [-0.25, -0.2) is 0 Å². The molecule has 0 fully saturated rings. The van der Waals surface area contributed by atoms with E-state index in [1.165, 1.54) is 6.42 Å². The zero-order valence-corrected chi connectivity index (χ0v) is 14.8. The average molecular weight is 346 g/mol. The highest BCUT2D eigenvalue weighted by atomic mass is 16.5. The Morgan fingerprint density at radius 2 is 1.42 bits per heavy atom. The number of carboxylic acid groups (broad SMARTS) is 1. The first-order valence-electron chi connectivity index (χ1n) is 9.01. The van der Waals surface area contributed by atoms with Crippen molar-refractivity contribution >= 4 is 11.9 Å². The fourth-order valence-corrected chi connectivity index (χ4v) is 2.21. The number of unbranched alkanes of at least 4 members (excludes halogenated alkanes) is 7. The number of hydrogen-bond donors (Lipinski definition) is 3. The van der Waals surface area contributed by atoms with Crippen LogP contribution in [0.4, 0.5) is 0 Å². The molecule has 0 unspecified atom stereocenters. The number of rotatable bonds is 18. The molecule has 4 N–H and O–H groups in total. The molecule has 7 nitrogen and oxygen atoms in total. The van der Waals surface area contributed by atoms with Gasteiger partial charge in [0.15, 0.2) is 0 Å². The molecule has 0 aliphatic rings. The molecule has 0 heterocycles. The van der Waals surface area contributed by atoms with E-state index in [0.717, 1.165) is 44.9 Å². The number of carboxylic acids is 1. The van der Waals surface area contributed by atoms with Crippen LogP contribution in [0.3, 0.4) is 0 Å². The van der Waals surface area contributed by atoms with E-state index in [-0.39, 0.29) is 18.9 Å². The van der Waals surface area contributed by atoms with Crippen LogP contribution in [0, 0.1) is 0 Å². The van der Waals surface area contributed by atoms with Crippen LogP contribution in [0.5, 0.6) is 0 Å². The van der Waals surface area contributed by atoms with E-state index in [1.54, 1.807) is 0 Å². The van der Waals surface area contributed by atoms with E-state index in [1.807, 2.05) is 0 Å². The number of ether oxygens (including phenoxy) is 2. The number of nitrogens with two attached hydrogens (primary N) is 1. The third-order valence-electron chi connectivity index (χ3n) is 3.51. The van der Waals surface area contributed by atoms with Crippen LogP contribution in [-0.2, 0) is 19.1 Å². The van der Waals surface area contributed by atoms with E-state index >= 15 is 0 Å². The predicted octanol–water partition coefficient (Wildman–Crippen LogP) is 1.69. The molecule has 0 saturated heterocycles.